The summed E-state index contributed by atoms with van der Waals surface area (Å²) in [5.41, 5.74) is 0. The van der Waals surface area contributed by atoms with Crippen molar-refractivity contribution in [2.24, 2.45) is 0 Å². The Hall–Kier alpha value is -1.60. The van der Waals surface area contributed by atoms with Gasteiger partial charge in [0.15, 0.2) is 0 Å². The van der Waals surface area contributed by atoms with Crippen molar-refractivity contribution in [2.75, 3.05) is 59.5 Å². The van der Waals surface area contributed by atoms with E-state index in [4.69, 9.17) is 14.2 Å². The second-order valence-corrected chi connectivity index (χ2v) is 3.92. The number of nitrogens with one attached hydrogen (secondary N) is 1. The minimum atomic E-state index is 0.487. The van der Waals surface area contributed by atoms with E-state index in [1.165, 1.54) is 0 Å². The molecule has 0 radical (unpaired) electrons. The lowest BCUT2D eigenvalue weighted by molar-refractivity contribution is 0.200. The molecule has 7 heteroatoms. The molecule has 0 atom stereocenters. The van der Waals surface area contributed by atoms with Crippen LogP contribution in [0.5, 0.6) is 11.8 Å². The standard InChI is InChI=1S/C12H22N4O3/c1-16(7-5-13-6-8-17-2)12-14-10(18-3)9-11(15-12)19-4/h9,13H,5-8H2,1-4H3. The van der Waals surface area contributed by atoms with Crippen LogP contribution in [-0.4, -0.2) is 64.6 Å². The summed E-state index contributed by atoms with van der Waals surface area (Å²) in [6.45, 7) is 3.13. The van der Waals surface area contributed by atoms with Crippen molar-refractivity contribution in [3.05, 3.63) is 6.07 Å². The molecule has 1 rings (SSSR count). The lowest BCUT2D eigenvalue weighted by Gasteiger charge is -2.18. The zero-order valence-electron chi connectivity index (χ0n) is 12.0. The monoisotopic (exact) mass is 270 g/mol. The third-order valence-corrected chi connectivity index (χ3v) is 2.53. The lowest BCUT2D eigenvalue weighted by atomic mass is 10.5. The van der Waals surface area contributed by atoms with Crippen LogP contribution >= 0.6 is 0 Å². The van der Waals surface area contributed by atoms with Crippen molar-refractivity contribution in [2.45, 2.75) is 0 Å². The number of likely N-dealkylation sites (N-methyl/N-ethyl adjacent to an activating group) is 1. The van der Waals surface area contributed by atoms with Crippen molar-refractivity contribution < 1.29 is 14.2 Å². The first-order chi connectivity index (χ1) is 9.21. The molecule has 0 fully saturated rings. The Balaban J connectivity index is 2.53. The van der Waals surface area contributed by atoms with Crippen LogP contribution in [0.2, 0.25) is 0 Å². The molecule has 0 unspecified atom stereocenters. The molecule has 0 bridgehead atoms. The summed E-state index contributed by atoms with van der Waals surface area (Å²) in [5, 5.41) is 3.26. The number of hydrogen-bond donors (Lipinski definition) is 1. The molecule has 1 aromatic rings. The molecule has 0 amide bonds. The van der Waals surface area contributed by atoms with E-state index in [-0.39, 0.29) is 0 Å². The van der Waals surface area contributed by atoms with Gasteiger partial charge in [-0.15, -0.1) is 0 Å². The fourth-order valence-electron chi connectivity index (χ4n) is 1.42. The predicted molar refractivity (Wildman–Crippen MR) is 73.2 cm³/mol. The summed E-state index contributed by atoms with van der Waals surface area (Å²) in [6, 6.07) is 1.65. The Kier molecular flexibility index (Phi) is 6.91. The number of anilines is 1. The molecular weight excluding hydrogens is 248 g/mol. The van der Waals surface area contributed by atoms with Gasteiger partial charge in [0.25, 0.3) is 0 Å². The van der Waals surface area contributed by atoms with Gasteiger partial charge < -0.3 is 24.4 Å². The van der Waals surface area contributed by atoms with Crippen molar-refractivity contribution in [3.8, 4) is 11.8 Å². The summed E-state index contributed by atoms with van der Waals surface area (Å²) in [5.74, 6) is 1.55. The average Bonchev–Trinajstić information content (AvgIpc) is 2.46. The van der Waals surface area contributed by atoms with E-state index in [0.717, 1.165) is 19.6 Å². The maximum absolute atomic E-state index is 5.12. The number of rotatable bonds is 9. The van der Waals surface area contributed by atoms with E-state index in [0.29, 0.717) is 24.3 Å². The van der Waals surface area contributed by atoms with Gasteiger partial charge in [0.05, 0.1) is 26.9 Å². The highest BCUT2D eigenvalue weighted by Gasteiger charge is 2.09. The van der Waals surface area contributed by atoms with E-state index in [1.54, 1.807) is 27.4 Å². The summed E-state index contributed by atoms with van der Waals surface area (Å²) < 4.78 is 15.2. The zero-order chi connectivity index (χ0) is 14.1. The van der Waals surface area contributed by atoms with Gasteiger partial charge in [-0.2, -0.15) is 9.97 Å². The number of hydrogen-bond acceptors (Lipinski definition) is 7. The first-order valence-corrected chi connectivity index (χ1v) is 6.09. The number of ether oxygens (including phenoxy) is 3. The lowest BCUT2D eigenvalue weighted by Crippen LogP contribution is -2.31. The first kappa shape index (κ1) is 15.5. The Morgan fingerprint density at radius 1 is 1.11 bits per heavy atom. The molecule has 1 N–H and O–H groups in total. The van der Waals surface area contributed by atoms with Gasteiger partial charge in [0.2, 0.25) is 17.7 Å². The van der Waals surface area contributed by atoms with Crippen LogP contribution in [0.1, 0.15) is 0 Å². The number of nitrogens with zero attached hydrogens (tertiary/aromatic N) is 3. The highest BCUT2D eigenvalue weighted by molar-refractivity contribution is 5.35. The van der Waals surface area contributed by atoms with Crippen LogP contribution in [0, 0.1) is 0 Å². The SMILES string of the molecule is COCCNCCN(C)c1nc(OC)cc(OC)n1. The average molecular weight is 270 g/mol. The molecule has 0 aliphatic carbocycles. The summed E-state index contributed by atoms with van der Waals surface area (Å²) in [4.78, 5) is 10.5. The van der Waals surface area contributed by atoms with Crippen molar-refractivity contribution >= 4 is 5.95 Å². The zero-order valence-corrected chi connectivity index (χ0v) is 12.0. The van der Waals surface area contributed by atoms with Gasteiger partial charge in [0, 0.05) is 33.8 Å². The Bertz CT molecular complexity index is 354. The van der Waals surface area contributed by atoms with Gasteiger partial charge in [-0.3, -0.25) is 0 Å². The maximum Gasteiger partial charge on any atom is 0.231 e. The quantitative estimate of drug-likeness (QED) is 0.641. The van der Waals surface area contributed by atoms with Crippen LogP contribution in [0.4, 0.5) is 5.95 Å². The van der Waals surface area contributed by atoms with Crippen LogP contribution in [0.15, 0.2) is 6.07 Å². The molecule has 0 saturated heterocycles. The third-order valence-electron chi connectivity index (χ3n) is 2.53. The summed E-state index contributed by atoms with van der Waals surface area (Å²) in [6.07, 6.45) is 0. The van der Waals surface area contributed by atoms with Crippen molar-refractivity contribution in [3.63, 3.8) is 0 Å². The Morgan fingerprint density at radius 2 is 1.74 bits per heavy atom. The first-order valence-electron chi connectivity index (χ1n) is 6.09. The molecule has 0 aliphatic heterocycles. The fourth-order valence-corrected chi connectivity index (χ4v) is 1.42. The van der Waals surface area contributed by atoms with Crippen LogP contribution < -0.4 is 19.7 Å². The second-order valence-electron chi connectivity index (χ2n) is 3.92. The topological polar surface area (TPSA) is 68.7 Å². The minimum absolute atomic E-state index is 0.487. The molecule has 1 aromatic heterocycles. The molecule has 0 saturated carbocycles. The Labute approximate surface area is 113 Å². The van der Waals surface area contributed by atoms with Gasteiger partial charge in [-0.1, -0.05) is 0 Å². The molecule has 0 aromatic carbocycles. The Morgan fingerprint density at radius 3 is 2.26 bits per heavy atom. The molecule has 0 aliphatic rings. The smallest absolute Gasteiger partial charge is 0.231 e. The summed E-state index contributed by atoms with van der Waals surface area (Å²) in [7, 11) is 6.74. The third kappa shape index (κ3) is 5.27. The highest BCUT2D eigenvalue weighted by atomic mass is 16.5. The summed E-state index contributed by atoms with van der Waals surface area (Å²) >= 11 is 0. The highest BCUT2D eigenvalue weighted by Crippen LogP contribution is 2.18. The predicted octanol–water partition coefficient (Wildman–Crippen LogP) is 0.166. The molecule has 0 spiro atoms. The van der Waals surface area contributed by atoms with E-state index in [2.05, 4.69) is 15.3 Å². The molecule has 1 heterocycles. The normalized spacial score (nSPS) is 10.3. The van der Waals surface area contributed by atoms with E-state index in [9.17, 15) is 0 Å². The fraction of sp³-hybridized carbons (Fsp3) is 0.667. The largest absolute Gasteiger partial charge is 0.481 e. The van der Waals surface area contributed by atoms with Gasteiger partial charge in [-0.25, -0.2) is 0 Å². The van der Waals surface area contributed by atoms with Crippen LogP contribution in [0.3, 0.4) is 0 Å². The number of methoxy groups -OCH3 is 3. The van der Waals surface area contributed by atoms with Crippen LogP contribution in [0.25, 0.3) is 0 Å². The van der Waals surface area contributed by atoms with Gasteiger partial charge in [-0.05, 0) is 0 Å². The van der Waals surface area contributed by atoms with Crippen LogP contribution in [-0.2, 0) is 4.74 Å². The van der Waals surface area contributed by atoms with Gasteiger partial charge in [0.1, 0.15) is 0 Å². The molecule has 7 nitrogen and oxygen atoms in total. The van der Waals surface area contributed by atoms with E-state index in [1.807, 2.05) is 11.9 Å². The van der Waals surface area contributed by atoms with E-state index >= 15 is 0 Å². The van der Waals surface area contributed by atoms with E-state index < -0.39 is 0 Å². The number of aromatic nitrogens is 2. The maximum atomic E-state index is 5.12. The molecule has 19 heavy (non-hydrogen) atoms. The van der Waals surface area contributed by atoms with Crippen molar-refractivity contribution in [1.82, 2.24) is 15.3 Å². The van der Waals surface area contributed by atoms with Crippen molar-refractivity contribution in [1.29, 1.82) is 0 Å². The molecular formula is C12H22N4O3. The molecule has 108 valence electrons. The van der Waals surface area contributed by atoms with Gasteiger partial charge >= 0.3 is 0 Å². The minimum Gasteiger partial charge on any atom is -0.481 e. The second kappa shape index (κ2) is 8.49.